The van der Waals surface area contributed by atoms with Crippen LogP contribution in [-0.2, 0) is 6.18 Å². The second-order valence-electron chi connectivity index (χ2n) is 5.11. The summed E-state index contributed by atoms with van der Waals surface area (Å²) >= 11 is 1.51. The van der Waals surface area contributed by atoms with E-state index in [1.165, 1.54) is 17.7 Å². The van der Waals surface area contributed by atoms with Gasteiger partial charge in [-0.1, -0.05) is 13.0 Å². The minimum Gasteiger partial charge on any atom is -0.369 e. The molecular weight excluding hydrogens is 341 g/mol. The zero-order valence-corrected chi connectivity index (χ0v) is 14.2. The van der Waals surface area contributed by atoms with Crippen molar-refractivity contribution in [1.82, 2.24) is 19.9 Å². The van der Waals surface area contributed by atoms with Crippen molar-refractivity contribution in [1.29, 1.82) is 0 Å². The van der Waals surface area contributed by atoms with Gasteiger partial charge in [-0.05, 0) is 17.9 Å². The van der Waals surface area contributed by atoms with Crippen LogP contribution in [0.5, 0.6) is 0 Å². The molecule has 0 saturated carbocycles. The van der Waals surface area contributed by atoms with Crippen LogP contribution in [0.3, 0.4) is 0 Å². The Kier molecular flexibility index (Phi) is 5.71. The van der Waals surface area contributed by atoms with Gasteiger partial charge in [-0.15, -0.1) is 11.3 Å². The van der Waals surface area contributed by atoms with Crippen LogP contribution in [-0.4, -0.2) is 40.3 Å². The van der Waals surface area contributed by atoms with Gasteiger partial charge in [0.05, 0.1) is 12.4 Å². The predicted octanol–water partition coefficient (Wildman–Crippen LogP) is 3.74. The van der Waals surface area contributed by atoms with Gasteiger partial charge in [0, 0.05) is 19.0 Å². The maximum Gasteiger partial charge on any atom is 0.451 e. The van der Waals surface area contributed by atoms with Crippen LogP contribution in [0.2, 0.25) is 0 Å². The Bertz CT molecular complexity index is 684. The van der Waals surface area contributed by atoms with Gasteiger partial charge >= 0.3 is 6.18 Å². The second-order valence-corrected chi connectivity index (χ2v) is 6.09. The summed E-state index contributed by atoms with van der Waals surface area (Å²) in [5, 5.41) is 4.84. The molecule has 24 heavy (non-hydrogen) atoms. The third-order valence-electron chi connectivity index (χ3n) is 2.88. The first-order valence-electron chi connectivity index (χ1n) is 7.13. The van der Waals surface area contributed by atoms with Crippen LogP contribution >= 0.6 is 11.3 Å². The normalized spacial score (nSPS) is 13.2. The topological polar surface area (TPSA) is 66.3 Å². The molecule has 0 bridgehead atoms. The quantitative estimate of drug-likeness (QED) is 0.629. The van der Waals surface area contributed by atoms with Crippen LogP contribution in [0.15, 0.2) is 22.5 Å². The molecule has 1 atom stereocenters. The lowest BCUT2D eigenvalue weighted by Crippen LogP contribution is -2.17. The molecule has 2 rings (SSSR count). The van der Waals surface area contributed by atoms with Crippen LogP contribution in [0, 0.1) is 0 Å². The highest BCUT2D eigenvalue weighted by molar-refractivity contribution is 7.10. The van der Waals surface area contributed by atoms with Crippen molar-refractivity contribution in [3.05, 3.63) is 28.2 Å². The number of nitrogens with one attached hydrogen (secondary N) is 1. The van der Waals surface area contributed by atoms with E-state index in [0.29, 0.717) is 6.42 Å². The van der Waals surface area contributed by atoms with Crippen molar-refractivity contribution >= 4 is 29.6 Å². The molecule has 0 aliphatic heterocycles. The van der Waals surface area contributed by atoms with Gasteiger partial charge in [0.2, 0.25) is 11.8 Å². The molecule has 1 unspecified atom stereocenters. The number of anilines is 1. The first kappa shape index (κ1) is 18.1. The molecule has 0 radical (unpaired) electrons. The molecule has 0 spiro atoms. The number of halogens is 3. The van der Waals surface area contributed by atoms with Crippen molar-refractivity contribution in [2.75, 3.05) is 19.4 Å². The highest BCUT2D eigenvalue weighted by Crippen LogP contribution is 2.29. The van der Waals surface area contributed by atoms with E-state index in [4.69, 9.17) is 0 Å². The molecule has 2 heterocycles. The summed E-state index contributed by atoms with van der Waals surface area (Å²) in [5.41, 5.74) is 0. The molecule has 0 aliphatic rings. The Hall–Kier alpha value is -2.23. The molecular formula is C14H17F3N6S. The summed E-state index contributed by atoms with van der Waals surface area (Å²) in [7, 11) is 3.39. The summed E-state index contributed by atoms with van der Waals surface area (Å²) in [4.78, 5) is 17.2. The van der Waals surface area contributed by atoms with Crippen LogP contribution in [0.4, 0.5) is 25.1 Å². The fourth-order valence-electron chi connectivity index (χ4n) is 1.80. The van der Waals surface area contributed by atoms with E-state index in [-0.39, 0.29) is 17.9 Å². The number of thiophene rings is 1. The number of aliphatic imine (C=N–C) groups is 1. The molecule has 0 aliphatic carbocycles. The van der Waals surface area contributed by atoms with Crippen molar-refractivity contribution in [2.45, 2.75) is 25.6 Å². The highest BCUT2D eigenvalue weighted by atomic mass is 32.1. The fourth-order valence-corrected chi connectivity index (χ4v) is 2.66. The number of nitrogens with zero attached hydrogens (tertiary/aromatic N) is 5. The lowest BCUT2D eigenvalue weighted by atomic mass is 10.2. The molecule has 2 aromatic rings. The second kappa shape index (κ2) is 7.56. The molecule has 0 fully saturated rings. The maximum atomic E-state index is 13.0. The van der Waals surface area contributed by atoms with E-state index in [0.717, 1.165) is 4.88 Å². The maximum absolute atomic E-state index is 13.0. The molecule has 6 nitrogen and oxygen atoms in total. The molecule has 1 N–H and O–H groups in total. The standard InChI is InChI=1S/C14H17F3N6S/c1-4-9(10-6-5-7-24-10)19-13-21-11(14(15,16)17)20-12(22-13)18-8-23(2)3/h5-9H,4H2,1-3H3,(H,19,20,21,22). The Morgan fingerprint density at radius 1 is 1.33 bits per heavy atom. The van der Waals surface area contributed by atoms with Gasteiger partial charge in [-0.2, -0.15) is 28.1 Å². The Morgan fingerprint density at radius 3 is 2.62 bits per heavy atom. The number of hydrogen-bond acceptors (Lipinski definition) is 6. The lowest BCUT2D eigenvalue weighted by molar-refractivity contribution is -0.144. The third-order valence-corrected chi connectivity index (χ3v) is 3.87. The average Bonchev–Trinajstić information content (AvgIpc) is 3.03. The fraction of sp³-hybridized carbons (Fsp3) is 0.429. The minimum atomic E-state index is -4.67. The summed E-state index contributed by atoms with van der Waals surface area (Å²) in [6.07, 6.45) is -2.67. The molecule has 0 amide bonds. The number of rotatable bonds is 6. The van der Waals surface area contributed by atoms with Crippen molar-refractivity contribution in [2.24, 2.45) is 4.99 Å². The number of alkyl halides is 3. The summed E-state index contributed by atoms with van der Waals surface area (Å²) in [6, 6.07) is 3.60. The van der Waals surface area contributed by atoms with Crippen LogP contribution < -0.4 is 5.32 Å². The SMILES string of the molecule is CCC(Nc1nc(N=CN(C)C)nc(C(F)(F)F)n1)c1cccs1. The Labute approximate surface area is 141 Å². The molecule has 0 aromatic carbocycles. The van der Waals surface area contributed by atoms with E-state index < -0.39 is 12.0 Å². The summed E-state index contributed by atoms with van der Waals surface area (Å²) in [6.45, 7) is 1.92. The molecule has 10 heteroatoms. The summed E-state index contributed by atoms with van der Waals surface area (Å²) in [5.74, 6) is -1.72. The molecule has 2 aromatic heterocycles. The molecule has 130 valence electrons. The summed E-state index contributed by atoms with van der Waals surface area (Å²) < 4.78 is 39.0. The predicted molar refractivity (Wildman–Crippen MR) is 87.6 cm³/mol. The van der Waals surface area contributed by atoms with Crippen molar-refractivity contribution in [3.8, 4) is 0 Å². The van der Waals surface area contributed by atoms with E-state index in [1.54, 1.807) is 19.0 Å². The van der Waals surface area contributed by atoms with Crippen molar-refractivity contribution in [3.63, 3.8) is 0 Å². The first-order chi connectivity index (χ1) is 11.3. The van der Waals surface area contributed by atoms with Gasteiger partial charge in [0.1, 0.15) is 0 Å². The van der Waals surface area contributed by atoms with Gasteiger partial charge in [0.25, 0.3) is 5.95 Å². The number of hydrogen-bond donors (Lipinski definition) is 1. The monoisotopic (exact) mass is 358 g/mol. The van der Waals surface area contributed by atoms with E-state index in [1.807, 2.05) is 24.4 Å². The van der Waals surface area contributed by atoms with Gasteiger partial charge in [-0.25, -0.2) is 4.99 Å². The van der Waals surface area contributed by atoms with E-state index in [2.05, 4.69) is 25.3 Å². The number of aromatic nitrogens is 3. The zero-order valence-electron chi connectivity index (χ0n) is 13.4. The zero-order chi connectivity index (χ0) is 17.7. The smallest absolute Gasteiger partial charge is 0.369 e. The third kappa shape index (κ3) is 4.88. The minimum absolute atomic E-state index is 0.150. The van der Waals surface area contributed by atoms with Gasteiger partial charge in [-0.3, -0.25) is 0 Å². The van der Waals surface area contributed by atoms with Crippen LogP contribution in [0.25, 0.3) is 0 Å². The first-order valence-corrected chi connectivity index (χ1v) is 8.01. The van der Waals surface area contributed by atoms with Crippen LogP contribution in [0.1, 0.15) is 30.1 Å². The Balaban J connectivity index is 2.35. The largest absolute Gasteiger partial charge is 0.451 e. The lowest BCUT2D eigenvalue weighted by Gasteiger charge is -2.16. The van der Waals surface area contributed by atoms with Gasteiger partial charge < -0.3 is 10.2 Å². The highest BCUT2D eigenvalue weighted by Gasteiger charge is 2.36. The average molecular weight is 358 g/mol. The van der Waals surface area contributed by atoms with E-state index >= 15 is 0 Å². The van der Waals surface area contributed by atoms with E-state index in [9.17, 15) is 13.2 Å². The van der Waals surface area contributed by atoms with Crippen molar-refractivity contribution < 1.29 is 13.2 Å². The van der Waals surface area contributed by atoms with Gasteiger partial charge in [0.15, 0.2) is 0 Å². The molecule has 0 saturated heterocycles. The Morgan fingerprint density at radius 2 is 2.08 bits per heavy atom.